The van der Waals surface area contributed by atoms with Crippen LogP contribution < -0.4 is 0 Å². The maximum atomic E-state index is 11.3. The van der Waals surface area contributed by atoms with Crippen molar-refractivity contribution in [3.8, 4) is 0 Å². The van der Waals surface area contributed by atoms with E-state index in [1.165, 1.54) is 14.8 Å². The number of hydrogen-bond acceptors (Lipinski definition) is 2. The van der Waals surface area contributed by atoms with Crippen LogP contribution in [-0.4, -0.2) is 12.6 Å². The second-order valence-electron chi connectivity index (χ2n) is 3.56. The molecule has 0 aliphatic heterocycles. The zero-order valence-electron chi connectivity index (χ0n) is 9.44. The number of esters is 1. The van der Waals surface area contributed by atoms with Gasteiger partial charge in [0.2, 0.25) is 0 Å². The van der Waals surface area contributed by atoms with Crippen LogP contribution in [0.1, 0.15) is 40.0 Å². The van der Waals surface area contributed by atoms with Gasteiger partial charge in [-0.2, -0.15) is 6.42 Å². The molecule has 0 aromatic rings. The molecule has 0 aliphatic carbocycles. The number of rotatable bonds is 5. The van der Waals surface area contributed by atoms with E-state index in [0.717, 1.165) is 19.3 Å². The molecular weight excluding hydrogens is 344 g/mol. The van der Waals surface area contributed by atoms with Gasteiger partial charge in [0.25, 0.3) is 0 Å². The number of ether oxygens (including phenoxy) is 1. The van der Waals surface area contributed by atoms with Crippen molar-refractivity contribution in [3.05, 3.63) is 6.92 Å². The molecule has 2 nitrogen and oxygen atoms in total. The molecule has 0 bridgehead atoms. The summed E-state index contributed by atoms with van der Waals surface area (Å²) in [6.45, 7) is 9.87. The molecule has 0 aromatic heterocycles. The van der Waals surface area contributed by atoms with E-state index in [1.807, 2.05) is 20.8 Å². The van der Waals surface area contributed by atoms with E-state index >= 15 is 0 Å². The first kappa shape index (κ1) is 17.2. The third kappa shape index (κ3) is 8.16. The molecule has 0 fully saturated rings. The molecule has 0 radical (unpaired) electrons. The fourth-order valence-electron chi connectivity index (χ4n) is 0.995. The van der Waals surface area contributed by atoms with E-state index in [9.17, 15) is 4.79 Å². The summed E-state index contributed by atoms with van der Waals surface area (Å²) in [4.78, 5) is 11.3. The molecular formula is C10H19IO2Zn. The first-order valence-electron chi connectivity index (χ1n) is 4.77. The molecule has 14 heavy (non-hydrogen) atoms. The van der Waals surface area contributed by atoms with Gasteiger partial charge in [-0.15, -0.1) is 0 Å². The van der Waals surface area contributed by atoms with Gasteiger partial charge in [-0.25, -0.2) is 0 Å². The van der Waals surface area contributed by atoms with Gasteiger partial charge in [0.15, 0.2) is 0 Å². The Morgan fingerprint density at radius 2 is 2.00 bits per heavy atom. The van der Waals surface area contributed by atoms with E-state index in [4.69, 9.17) is 4.74 Å². The van der Waals surface area contributed by atoms with E-state index in [0.29, 0.717) is 6.61 Å². The number of halogens is 1. The summed E-state index contributed by atoms with van der Waals surface area (Å²) in [5.74, 6) is -0.0987. The maximum absolute atomic E-state index is 11.3. The van der Waals surface area contributed by atoms with Crippen LogP contribution in [0.4, 0.5) is 0 Å². The zero-order valence-corrected chi connectivity index (χ0v) is 14.6. The SMILES string of the molecule is [CH2-]CCCC(C)(C)C(=O)OCC.[Zn+][I]. The van der Waals surface area contributed by atoms with Crippen LogP contribution in [0.25, 0.3) is 0 Å². The Morgan fingerprint density at radius 1 is 1.50 bits per heavy atom. The van der Waals surface area contributed by atoms with Gasteiger partial charge in [0.05, 0.1) is 12.0 Å². The molecule has 0 saturated heterocycles. The predicted molar refractivity (Wildman–Crippen MR) is 63.6 cm³/mol. The minimum absolute atomic E-state index is 0.0987. The second kappa shape index (κ2) is 10.3. The average Bonchev–Trinajstić information content (AvgIpc) is 2.18. The molecule has 0 rings (SSSR count). The van der Waals surface area contributed by atoms with Crippen molar-refractivity contribution >= 4 is 25.7 Å². The van der Waals surface area contributed by atoms with Crippen molar-refractivity contribution < 1.29 is 24.3 Å². The molecule has 4 heteroatoms. The van der Waals surface area contributed by atoms with Gasteiger partial charge in [-0.05, 0) is 27.2 Å². The zero-order chi connectivity index (χ0) is 11.6. The Kier molecular flexibility index (Phi) is 12.7. The van der Waals surface area contributed by atoms with Crippen molar-refractivity contribution in [3.63, 3.8) is 0 Å². The third-order valence-electron chi connectivity index (χ3n) is 1.88. The molecule has 0 saturated carbocycles. The predicted octanol–water partition coefficient (Wildman–Crippen LogP) is 3.46. The fraction of sp³-hybridized carbons (Fsp3) is 0.800. The first-order chi connectivity index (χ1) is 6.54. The normalized spacial score (nSPS) is 10.2. The Hall–Kier alpha value is 0.823. The summed E-state index contributed by atoms with van der Waals surface area (Å²) in [5, 5.41) is 0. The molecule has 0 heterocycles. The van der Waals surface area contributed by atoms with Gasteiger partial charge < -0.3 is 11.7 Å². The monoisotopic (exact) mass is 362 g/mol. The van der Waals surface area contributed by atoms with Crippen molar-refractivity contribution in [1.82, 2.24) is 0 Å². The van der Waals surface area contributed by atoms with Crippen molar-refractivity contribution in [2.45, 2.75) is 40.0 Å². The summed E-state index contributed by atoms with van der Waals surface area (Å²) >= 11 is 3.62. The van der Waals surface area contributed by atoms with E-state index in [1.54, 1.807) is 0 Å². The van der Waals surface area contributed by atoms with Crippen LogP contribution >= 0.6 is 19.8 Å². The van der Waals surface area contributed by atoms with Gasteiger partial charge in [-0.3, -0.25) is 4.79 Å². The van der Waals surface area contributed by atoms with E-state index in [-0.39, 0.29) is 11.4 Å². The summed E-state index contributed by atoms with van der Waals surface area (Å²) in [5.41, 5.74) is -0.340. The molecule has 0 unspecified atom stereocenters. The van der Waals surface area contributed by atoms with E-state index in [2.05, 4.69) is 26.7 Å². The Morgan fingerprint density at radius 3 is 2.36 bits per heavy atom. The standard InChI is InChI=1S/C10H19O2.HI.Zn/c1-5-7-8-10(3,4)9(11)12-6-2;;/h1,5-8H2,2-4H3;1H;/q-1;;+2/p-1. The molecule has 80 valence electrons. The molecule has 0 N–H and O–H groups in total. The summed E-state index contributed by atoms with van der Waals surface area (Å²) in [6, 6.07) is 0. The number of unbranched alkanes of at least 4 members (excludes halogenated alkanes) is 1. The van der Waals surface area contributed by atoms with Crippen molar-refractivity contribution in [1.29, 1.82) is 0 Å². The summed E-state index contributed by atoms with van der Waals surface area (Å²) in [6.07, 6.45) is 2.71. The minimum atomic E-state index is -0.340. The molecule has 0 amide bonds. The van der Waals surface area contributed by atoms with Gasteiger partial charge in [-0.1, -0.05) is 6.42 Å². The first-order valence-corrected chi connectivity index (χ1v) is 13.8. The second-order valence-corrected chi connectivity index (χ2v) is 3.56. The Labute approximate surface area is 108 Å². The number of carbonyl (C=O) groups is 1. The van der Waals surface area contributed by atoms with Crippen molar-refractivity contribution in [2.75, 3.05) is 6.61 Å². The number of hydrogen-bond donors (Lipinski definition) is 0. The third-order valence-corrected chi connectivity index (χ3v) is 1.88. The van der Waals surface area contributed by atoms with Crippen LogP contribution in [0.2, 0.25) is 0 Å². The van der Waals surface area contributed by atoms with E-state index < -0.39 is 0 Å². The summed E-state index contributed by atoms with van der Waals surface area (Å²) < 4.78 is 4.94. The van der Waals surface area contributed by atoms with Crippen LogP contribution in [0.5, 0.6) is 0 Å². The average molecular weight is 364 g/mol. The topological polar surface area (TPSA) is 26.3 Å². The van der Waals surface area contributed by atoms with Gasteiger partial charge >= 0.3 is 40.5 Å². The van der Waals surface area contributed by atoms with Crippen molar-refractivity contribution in [2.24, 2.45) is 5.41 Å². The van der Waals surface area contributed by atoms with Crippen LogP contribution in [0.3, 0.4) is 0 Å². The molecule has 0 spiro atoms. The van der Waals surface area contributed by atoms with Gasteiger partial charge in [0.1, 0.15) is 0 Å². The Bertz CT molecular complexity index is 149. The number of carbonyl (C=O) groups excluding carboxylic acids is 1. The Balaban J connectivity index is 0. The van der Waals surface area contributed by atoms with Crippen LogP contribution in [-0.2, 0) is 24.3 Å². The summed E-state index contributed by atoms with van der Waals surface area (Å²) in [7, 11) is 0. The van der Waals surface area contributed by atoms with Crippen LogP contribution in [0.15, 0.2) is 0 Å². The quantitative estimate of drug-likeness (QED) is 0.324. The van der Waals surface area contributed by atoms with Crippen LogP contribution in [0, 0.1) is 12.3 Å². The molecule has 0 aromatic carbocycles. The molecule has 0 aliphatic rings. The molecule has 0 atom stereocenters. The van der Waals surface area contributed by atoms with Gasteiger partial charge in [0, 0.05) is 0 Å². The fourth-order valence-corrected chi connectivity index (χ4v) is 0.995.